The zero-order valence-electron chi connectivity index (χ0n) is 19.0. The molecule has 0 aliphatic carbocycles. The summed E-state index contributed by atoms with van der Waals surface area (Å²) in [6, 6.07) is 12.7. The molecule has 2 aromatic carbocycles. The number of rotatable bonds is 8. The molecule has 1 fully saturated rings. The smallest absolute Gasteiger partial charge is 0.317 e. The number of hydrazone groups is 1. The van der Waals surface area contributed by atoms with E-state index in [9.17, 15) is 19.8 Å². The van der Waals surface area contributed by atoms with Crippen LogP contribution in [-0.2, 0) is 21.6 Å². The third-order valence-corrected chi connectivity index (χ3v) is 6.40. The normalized spacial score (nSPS) is 20.9. The number of carboxylic acid groups (broad SMARTS) is 1. The number of ether oxygens (including phenoxy) is 1. The third kappa shape index (κ3) is 5.18. The summed E-state index contributed by atoms with van der Waals surface area (Å²) in [4.78, 5) is 26.1. The number of aliphatic hydroxyl groups excluding tert-OH is 1. The molecule has 2 heterocycles. The molecule has 34 heavy (non-hydrogen) atoms. The van der Waals surface area contributed by atoms with Crippen molar-refractivity contribution in [3.8, 4) is 0 Å². The van der Waals surface area contributed by atoms with E-state index in [-0.39, 0.29) is 25.4 Å². The number of ketones is 1. The molecule has 9 heteroatoms. The zero-order valence-corrected chi connectivity index (χ0v) is 19.0. The molecular weight excluding hydrogens is 436 g/mol. The molecule has 1 unspecified atom stereocenters. The first kappa shape index (κ1) is 24.0. The number of benzene rings is 2. The lowest BCUT2D eigenvalue weighted by Crippen LogP contribution is -2.58. The minimum absolute atomic E-state index is 0.0998. The van der Waals surface area contributed by atoms with E-state index in [1.807, 2.05) is 23.2 Å². The van der Waals surface area contributed by atoms with Crippen molar-refractivity contribution in [2.24, 2.45) is 10.8 Å². The van der Waals surface area contributed by atoms with Crippen molar-refractivity contribution < 1.29 is 24.5 Å². The number of nitrogens with zero attached hydrogens (tertiary/aromatic N) is 3. The van der Waals surface area contributed by atoms with Crippen molar-refractivity contribution in [2.75, 3.05) is 46.0 Å². The minimum Gasteiger partial charge on any atom is -0.480 e. The second-order valence-corrected chi connectivity index (χ2v) is 8.60. The molecule has 9 nitrogen and oxygen atoms in total. The molecule has 1 atom stereocenters. The molecule has 4 N–H and O–H groups in total. The molecule has 0 aromatic heterocycles. The molecule has 0 amide bonds. The molecule has 4 rings (SSSR count). The van der Waals surface area contributed by atoms with Crippen molar-refractivity contribution >= 4 is 18.0 Å². The van der Waals surface area contributed by atoms with Crippen LogP contribution in [0.3, 0.4) is 0 Å². The Balaban J connectivity index is 1.51. The van der Waals surface area contributed by atoms with Crippen LogP contribution in [0.4, 0.5) is 0 Å². The van der Waals surface area contributed by atoms with Crippen LogP contribution >= 0.6 is 0 Å². The highest BCUT2D eigenvalue weighted by molar-refractivity contribution is 6.09. The minimum atomic E-state index is -1.09. The van der Waals surface area contributed by atoms with Gasteiger partial charge in [-0.3, -0.25) is 19.5 Å². The summed E-state index contributed by atoms with van der Waals surface area (Å²) in [7, 11) is 0. The predicted octanol–water partition coefficient (Wildman–Crippen LogP) is 1.02. The number of fused-ring (bicyclic) bond motifs is 1. The molecule has 0 bridgehead atoms. The van der Waals surface area contributed by atoms with Gasteiger partial charge in [0.15, 0.2) is 5.78 Å². The van der Waals surface area contributed by atoms with Crippen LogP contribution in [0, 0.1) is 0 Å². The van der Waals surface area contributed by atoms with Gasteiger partial charge in [-0.25, -0.2) is 0 Å². The highest BCUT2D eigenvalue weighted by atomic mass is 16.5. The van der Waals surface area contributed by atoms with Crippen LogP contribution in [-0.4, -0.2) is 84.1 Å². The van der Waals surface area contributed by atoms with E-state index in [0.717, 1.165) is 29.8 Å². The zero-order chi connectivity index (χ0) is 24.1. The third-order valence-electron chi connectivity index (χ3n) is 6.40. The van der Waals surface area contributed by atoms with Crippen LogP contribution in [0.1, 0.15) is 39.0 Å². The van der Waals surface area contributed by atoms with Gasteiger partial charge in [0.1, 0.15) is 0 Å². The molecule has 2 aliphatic heterocycles. The Labute approximate surface area is 198 Å². The fourth-order valence-corrected chi connectivity index (χ4v) is 4.54. The molecule has 180 valence electrons. The van der Waals surface area contributed by atoms with E-state index in [1.165, 1.54) is 0 Å². The first-order valence-electron chi connectivity index (χ1n) is 11.4. The van der Waals surface area contributed by atoms with E-state index in [0.29, 0.717) is 37.3 Å². The summed E-state index contributed by atoms with van der Waals surface area (Å²) in [6.45, 7) is 2.93. The Morgan fingerprint density at radius 1 is 1.09 bits per heavy atom. The van der Waals surface area contributed by atoms with Gasteiger partial charge < -0.3 is 20.7 Å². The molecule has 0 radical (unpaired) electrons. The van der Waals surface area contributed by atoms with Crippen LogP contribution in [0.5, 0.6) is 0 Å². The second kappa shape index (κ2) is 10.4. The molecule has 0 saturated carbocycles. The summed E-state index contributed by atoms with van der Waals surface area (Å²) in [5.41, 5.74) is 9.19. The van der Waals surface area contributed by atoms with Crippen molar-refractivity contribution in [1.29, 1.82) is 0 Å². The first-order valence-corrected chi connectivity index (χ1v) is 11.4. The fourth-order valence-electron chi connectivity index (χ4n) is 4.54. The monoisotopic (exact) mass is 466 g/mol. The van der Waals surface area contributed by atoms with Gasteiger partial charge in [0.25, 0.3) is 0 Å². The summed E-state index contributed by atoms with van der Waals surface area (Å²) < 4.78 is 5.32. The van der Waals surface area contributed by atoms with Crippen molar-refractivity contribution in [3.05, 3.63) is 70.3 Å². The van der Waals surface area contributed by atoms with Crippen LogP contribution in [0.25, 0.3) is 0 Å². The van der Waals surface area contributed by atoms with Gasteiger partial charge in [-0.1, -0.05) is 36.4 Å². The number of nitrogens with two attached hydrogens (primary N) is 1. The van der Waals surface area contributed by atoms with Gasteiger partial charge in [0, 0.05) is 30.7 Å². The summed E-state index contributed by atoms with van der Waals surface area (Å²) in [6.07, 6.45) is 2.56. The van der Waals surface area contributed by atoms with Crippen LogP contribution in [0.15, 0.2) is 47.6 Å². The van der Waals surface area contributed by atoms with Gasteiger partial charge in [0.2, 0.25) is 0 Å². The maximum Gasteiger partial charge on any atom is 0.317 e. The number of carboxylic acids is 1. The largest absolute Gasteiger partial charge is 0.480 e. The molecule has 1 saturated heterocycles. The topological polar surface area (TPSA) is 129 Å². The average molecular weight is 467 g/mol. The Kier molecular flexibility index (Phi) is 7.38. The number of hydrogen-bond acceptors (Lipinski definition) is 8. The predicted molar refractivity (Wildman–Crippen MR) is 127 cm³/mol. The summed E-state index contributed by atoms with van der Waals surface area (Å²) >= 11 is 0. The standard InChI is InChI=1S/C25H30N4O5/c26-25(8-12-30)22-6-5-21(15-20(22)7-9-28(25)17-23(31)32)24(33)19-3-1-18(2-4-19)16-27-29-10-13-34-14-11-29/h1-6,15-16,30H,7-14,17,26H2,(H,31,32). The lowest BCUT2D eigenvalue weighted by molar-refractivity contribution is -0.140. The number of hydrogen-bond donors (Lipinski definition) is 3. The van der Waals surface area contributed by atoms with Gasteiger partial charge in [-0.05, 0) is 29.2 Å². The number of carbonyl (C=O) groups excluding carboxylic acids is 1. The van der Waals surface area contributed by atoms with Crippen LogP contribution in [0.2, 0.25) is 0 Å². The second-order valence-electron chi connectivity index (χ2n) is 8.60. The fraction of sp³-hybridized carbons (Fsp3) is 0.400. The Morgan fingerprint density at radius 2 is 1.79 bits per heavy atom. The Bertz CT molecular complexity index is 1070. The molecular formula is C25H30N4O5. The van der Waals surface area contributed by atoms with E-state index in [2.05, 4.69) is 5.10 Å². The van der Waals surface area contributed by atoms with Crippen LogP contribution < -0.4 is 5.73 Å². The maximum absolute atomic E-state index is 13.1. The summed E-state index contributed by atoms with van der Waals surface area (Å²) in [5.74, 6) is -1.07. The van der Waals surface area contributed by atoms with E-state index < -0.39 is 11.6 Å². The van der Waals surface area contributed by atoms with Gasteiger partial charge >= 0.3 is 5.97 Å². The van der Waals surface area contributed by atoms with Crippen molar-refractivity contribution in [3.63, 3.8) is 0 Å². The highest BCUT2D eigenvalue weighted by Crippen LogP contribution is 2.34. The van der Waals surface area contributed by atoms with Gasteiger partial charge in [-0.2, -0.15) is 5.10 Å². The van der Waals surface area contributed by atoms with Crippen molar-refractivity contribution in [1.82, 2.24) is 9.91 Å². The van der Waals surface area contributed by atoms with E-state index in [1.54, 1.807) is 35.4 Å². The van der Waals surface area contributed by atoms with E-state index >= 15 is 0 Å². The lowest BCUT2D eigenvalue weighted by atomic mass is 9.84. The average Bonchev–Trinajstić information content (AvgIpc) is 2.85. The maximum atomic E-state index is 13.1. The molecule has 0 spiro atoms. The first-order chi connectivity index (χ1) is 16.4. The SMILES string of the molecule is NC1(CCO)c2ccc(C(=O)c3ccc(C=NN4CCOCC4)cc3)cc2CCN1CC(=O)O. The highest BCUT2D eigenvalue weighted by Gasteiger charge is 2.40. The number of morpholine rings is 1. The van der Waals surface area contributed by atoms with Gasteiger partial charge in [0.05, 0.1) is 44.7 Å². The molecule has 2 aromatic rings. The molecule has 2 aliphatic rings. The number of carbonyl (C=O) groups is 2. The Morgan fingerprint density at radius 3 is 2.47 bits per heavy atom. The number of aliphatic carboxylic acids is 1. The Hall–Kier alpha value is -3.11. The lowest BCUT2D eigenvalue weighted by Gasteiger charge is -2.45. The van der Waals surface area contributed by atoms with Gasteiger partial charge in [-0.15, -0.1) is 0 Å². The quantitative estimate of drug-likeness (QED) is 0.389. The summed E-state index contributed by atoms with van der Waals surface area (Å²) in [5, 5.41) is 25.2. The van der Waals surface area contributed by atoms with E-state index in [4.69, 9.17) is 10.5 Å². The number of aliphatic hydroxyl groups is 1. The van der Waals surface area contributed by atoms with Crippen molar-refractivity contribution in [2.45, 2.75) is 18.5 Å².